The highest BCUT2D eigenvalue weighted by Crippen LogP contribution is 2.33. The molecular formula is C17H23NOS. The summed E-state index contributed by atoms with van der Waals surface area (Å²) in [7, 11) is 0. The van der Waals surface area contributed by atoms with Crippen LogP contribution in [0.2, 0.25) is 0 Å². The third-order valence-electron chi connectivity index (χ3n) is 3.56. The largest absolute Gasteiger partial charge is 0.371 e. The van der Waals surface area contributed by atoms with Gasteiger partial charge >= 0.3 is 0 Å². The van der Waals surface area contributed by atoms with Crippen molar-refractivity contribution in [2.45, 2.75) is 58.4 Å². The molecule has 1 aromatic carbocycles. The first kappa shape index (κ1) is 14.1. The standard InChI is InChI=1S/C17H23NOS/c1-17(2,3)19-11-14-13-6-4-5-7-15(13)20-16(14)10-18-12-8-9-12/h4-7,12,18H,8-11H2,1-3H3. The summed E-state index contributed by atoms with van der Waals surface area (Å²) < 4.78 is 7.39. The van der Waals surface area contributed by atoms with E-state index in [1.54, 1.807) is 0 Å². The highest BCUT2D eigenvalue weighted by Gasteiger charge is 2.22. The summed E-state index contributed by atoms with van der Waals surface area (Å²) in [4.78, 5) is 1.43. The zero-order valence-electron chi connectivity index (χ0n) is 12.5. The molecule has 20 heavy (non-hydrogen) atoms. The fourth-order valence-electron chi connectivity index (χ4n) is 2.26. The molecule has 0 radical (unpaired) electrons. The van der Waals surface area contributed by atoms with E-state index in [0.717, 1.165) is 12.6 Å². The molecule has 0 unspecified atom stereocenters. The SMILES string of the molecule is CC(C)(C)OCc1c(CNC2CC2)sc2ccccc12. The molecule has 1 aromatic heterocycles. The average molecular weight is 289 g/mol. The summed E-state index contributed by atoms with van der Waals surface area (Å²) in [5.41, 5.74) is 1.28. The number of fused-ring (bicyclic) bond motifs is 1. The summed E-state index contributed by atoms with van der Waals surface area (Å²) in [5.74, 6) is 0. The van der Waals surface area contributed by atoms with Gasteiger partial charge in [0.2, 0.25) is 0 Å². The molecule has 3 rings (SSSR count). The lowest BCUT2D eigenvalue weighted by Crippen LogP contribution is -2.20. The van der Waals surface area contributed by atoms with Crippen molar-refractivity contribution < 1.29 is 4.74 Å². The number of ether oxygens (including phenoxy) is 1. The summed E-state index contributed by atoms with van der Waals surface area (Å²) in [6.07, 6.45) is 2.66. The first-order chi connectivity index (χ1) is 9.53. The Morgan fingerprint density at radius 1 is 1.25 bits per heavy atom. The molecule has 0 atom stereocenters. The molecule has 1 aliphatic rings. The van der Waals surface area contributed by atoms with Gasteiger partial charge in [-0.25, -0.2) is 0 Å². The van der Waals surface area contributed by atoms with E-state index < -0.39 is 0 Å². The van der Waals surface area contributed by atoms with Gasteiger partial charge in [0.1, 0.15) is 0 Å². The summed E-state index contributed by atoms with van der Waals surface area (Å²) in [6.45, 7) is 8.03. The fraction of sp³-hybridized carbons (Fsp3) is 0.529. The molecule has 2 nitrogen and oxygen atoms in total. The number of hydrogen-bond acceptors (Lipinski definition) is 3. The third-order valence-corrected chi connectivity index (χ3v) is 4.77. The first-order valence-corrected chi connectivity index (χ1v) is 8.21. The van der Waals surface area contributed by atoms with Gasteiger partial charge < -0.3 is 10.1 Å². The molecule has 0 spiro atoms. The van der Waals surface area contributed by atoms with Crippen LogP contribution in [-0.2, 0) is 17.9 Å². The molecule has 0 amide bonds. The topological polar surface area (TPSA) is 21.3 Å². The van der Waals surface area contributed by atoms with Crippen molar-refractivity contribution in [1.82, 2.24) is 5.32 Å². The van der Waals surface area contributed by atoms with Gasteiger partial charge in [0.25, 0.3) is 0 Å². The highest BCUT2D eigenvalue weighted by atomic mass is 32.1. The van der Waals surface area contributed by atoms with Gasteiger partial charge in [-0.3, -0.25) is 0 Å². The van der Waals surface area contributed by atoms with Gasteiger partial charge in [-0.2, -0.15) is 0 Å². The van der Waals surface area contributed by atoms with Crippen LogP contribution in [0.3, 0.4) is 0 Å². The van der Waals surface area contributed by atoms with Crippen LogP contribution in [0.4, 0.5) is 0 Å². The van der Waals surface area contributed by atoms with E-state index in [1.165, 1.54) is 33.4 Å². The fourth-order valence-corrected chi connectivity index (χ4v) is 3.42. The molecule has 0 saturated heterocycles. The molecule has 1 heterocycles. The number of hydrogen-bond donors (Lipinski definition) is 1. The second-order valence-electron chi connectivity index (χ2n) is 6.56. The zero-order chi connectivity index (χ0) is 14.2. The van der Waals surface area contributed by atoms with Gasteiger partial charge in [0.15, 0.2) is 0 Å². The Hall–Kier alpha value is -0.900. The van der Waals surface area contributed by atoms with Crippen molar-refractivity contribution in [1.29, 1.82) is 0 Å². The molecule has 1 N–H and O–H groups in total. The predicted molar refractivity (Wildman–Crippen MR) is 86.2 cm³/mol. The van der Waals surface area contributed by atoms with Crippen LogP contribution in [-0.4, -0.2) is 11.6 Å². The summed E-state index contributed by atoms with van der Waals surface area (Å²) in [5, 5.41) is 4.98. The first-order valence-electron chi connectivity index (χ1n) is 7.39. The maximum absolute atomic E-state index is 6.02. The van der Waals surface area contributed by atoms with Gasteiger partial charge in [-0.1, -0.05) is 18.2 Å². The minimum atomic E-state index is -0.0930. The Labute approximate surface area is 125 Å². The van der Waals surface area contributed by atoms with Gasteiger partial charge in [-0.05, 0) is 45.1 Å². The van der Waals surface area contributed by atoms with Crippen LogP contribution in [0.5, 0.6) is 0 Å². The quantitative estimate of drug-likeness (QED) is 0.877. The van der Waals surface area contributed by atoms with Crippen molar-refractivity contribution in [3.63, 3.8) is 0 Å². The molecule has 108 valence electrons. The lowest BCUT2D eigenvalue weighted by Gasteiger charge is -2.20. The van der Waals surface area contributed by atoms with E-state index in [0.29, 0.717) is 6.61 Å². The molecule has 1 aliphatic carbocycles. The number of benzene rings is 1. The van der Waals surface area contributed by atoms with Crippen molar-refractivity contribution >= 4 is 21.4 Å². The Kier molecular flexibility index (Phi) is 3.85. The van der Waals surface area contributed by atoms with E-state index in [9.17, 15) is 0 Å². The number of nitrogens with one attached hydrogen (secondary N) is 1. The minimum Gasteiger partial charge on any atom is -0.371 e. The van der Waals surface area contributed by atoms with Crippen molar-refractivity contribution in [2.75, 3.05) is 0 Å². The Balaban J connectivity index is 1.85. The Morgan fingerprint density at radius 3 is 2.70 bits per heavy atom. The maximum atomic E-state index is 6.02. The molecule has 2 aromatic rings. The molecule has 3 heteroatoms. The van der Waals surface area contributed by atoms with Crippen LogP contribution in [0.1, 0.15) is 44.1 Å². The normalized spacial score (nSPS) is 15.9. The second kappa shape index (κ2) is 5.47. The van der Waals surface area contributed by atoms with Crippen molar-refractivity contribution in [3.05, 3.63) is 34.7 Å². The van der Waals surface area contributed by atoms with E-state index in [1.807, 2.05) is 11.3 Å². The molecular weight excluding hydrogens is 266 g/mol. The zero-order valence-corrected chi connectivity index (χ0v) is 13.3. The third kappa shape index (κ3) is 3.40. The molecule has 1 fully saturated rings. The Bertz CT molecular complexity index is 593. The van der Waals surface area contributed by atoms with E-state index in [4.69, 9.17) is 4.74 Å². The summed E-state index contributed by atoms with van der Waals surface area (Å²) >= 11 is 1.90. The minimum absolute atomic E-state index is 0.0930. The predicted octanol–water partition coefficient (Wildman–Crippen LogP) is 4.47. The van der Waals surface area contributed by atoms with Crippen LogP contribution in [0.25, 0.3) is 10.1 Å². The average Bonchev–Trinajstić information content (AvgIpc) is 3.14. The maximum Gasteiger partial charge on any atom is 0.0741 e. The van der Waals surface area contributed by atoms with Crippen molar-refractivity contribution in [3.8, 4) is 0 Å². The lowest BCUT2D eigenvalue weighted by atomic mass is 10.1. The van der Waals surface area contributed by atoms with Crippen LogP contribution >= 0.6 is 11.3 Å². The Morgan fingerprint density at radius 2 is 2.00 bits per heavy atom. The number of rotatable bonds is 5. The van der Waals surface area contributed by atoms with Gasteiger partial charge in [-0.15, -0.1) is 11.3 Å². The smallest absolute Gasteiger partial charge is 0.0741 e. The monoisotopic (exact) mass is 289 g/mol. The van der Waals surface area contributed by atoms with Crippen molar-refractivity contribution in [2.24, 2.45) is 0 Å². The summed E-state index contributed by atoms with van der Waals surface area (Å²) in [6, 6.07) is 9.41. The van der Waals surface area contributed by atoms with Gasteiger partial charge in [0, 0.05) is 27.7 Å². The molecule has 0 aliphatic heterocycles. The van der Waals surface area contributed by atoms with Gasteiger partial charge in [0.05, 0.1) is 12.2 Å². The van der Waals surface area contributed by atoms with Crippen LogP contribution < -0.4 is 5.32 Å². The van der Waals surface area contributed by atoms with Crippen LogP contribution in [0.15, 0.2) is 24.3 Å². The highest BCUT2D eigenvalue weighted by molar-refractivity contribution is 7.19. The van der Waals surface area contributed by atoms with E-state index >= 15 is 0 Å². The molecule has 0 bridgehead atoms. The van der Waals surface area contributed by atoms with E-state index in [2.05, 4.69) is 50.4 Å². The lowest BCUT2D eigenvalue weighted by molar-refractivity contribution is -0.0145. The molecule has 1 saturated carbocycles. The van der Waals surface area contributed by atoms with E-state index in [-0.39, 0.29) is 5.60 Å². The number of thiophene rings is 1. The second-order valence-corrected chi connectivity index (χ2v) is 7.69. The van der Waals surface area contributed by atoms with Crippen LogP contribution in [0, 0.1) is 0 Å².